The van der Waals surface area contributed by atoms with Gasteiger partial charge in [-0.15, -0.1) is 11.8 Å². The number of nitrogens with one attached hydrogen (secondary N) is 2. The number of hydrogen-bond donors (Lipinski definition) is 2. The Balaban J connectivity index is 1.69. The Labute approximate surface area is 221 Å². The molecular weight excluding hydrogens is 494 g/mol. The largest absolute Gasteiger partial charge is 0.469 e. The molecular formula is C27H33N3O6S. The minimum absolute atomic E-state index is 0.312. The highest BCUT2D eigenvalue weighted by molar-refractivity contribution is 7.99. The maximum atomic E-state index is 13.3. The van der Waals surface area contributed by atoms with Crippen LogP contribution in [0.25, 0.3) is 0 Å². The van der Waals surface area contributed by atoms with Crippen molar-refractivity contribution in [2.45, 2.75) is 50.6 Å². The van der Waals surface area contributed by atoms with Gasteiger partial charge in [0.2, 0.25) is 5.91 Å². The fourth-order valence-electron chi connectivity index (χ4n) is 3.86. The van der Waals surface area contributed by atoms with E-state index in [1.165, 1.54) is 23.8 Å². The Kier molecular flexibility index (Phi) is 9.20. The van der Waals surface area contributed by atoms with Crippen LogP contribution in [0.2, 0.25) is 0 Å². The molecule has 198 valence electrons. The van der Waals surface area contributed by atoms with E-state index in [9.17, 15) is 19.2 Å². The molecule has 1 heterocycles. The standard InChI is InChI=1S/C27H33N3O6S/c1-17(24(32)35-5)19-12-9-13-20(14-19)29-26(34)28-15-22(31)30-21(25(33)36-27(2,3)4)16-37-23(30)18-10-7-6-8-11-18/h6-14,17,21,23H,15-16H2,1-5H3,(H2,28,29,34)/t17?,21-,23+/m0/s1. The van der Waals surface area contributed by atoms with Crippen molar-refractivity contribution >= 4 is 41.3 Å². The molecule has 3 rings (SSSR count). The van der Waals surface area contributed by atoms with Gasteiger partial charge in [0.1, 0.15) is 17.0 Å². The molecule has 1 unspecified atom stereocenters. The summed E-state index contributed by atoms with van der Waals surface area (Å²) in [7, 11) is 1.32. The lowest BCUT2D eigenvalue weighted by molar-refractivity contribution is -0.163. The quantitative estimate of drug-likeness (QED) is 0.522. The van der Waals surface area contributed by atoms with Crippen LogP contribution in [0.15, 0.2) is 54.6 Å². The molecule has 3 amide bonds. The molecule has 10 heteroatoms. The summed E-state index contributed by atoms with van der Waals surface area (Å²) in [5.74, 6) is -1.38. The summed E-state index contributed by atoms with van der Waals surface area (Å²) in [6.45, 7) is 6.73. The van der Waals surface area contributed by atoms with Crippen molar-refractivity contribution in [2.75, 3.05) is 24.7 Å². The first-order valence-electron chi connectivity index (χ1n) is 11.9. The highest BCUT2D eigenvalue weighted by atomic mass is 32.2. The number of nitrogens with zero attached hydrogens (tertiary/aromatic N) is 1. The third-order valence-electron chi connectivity index (χ3n) is 5.65. The van der Waals surface area contributed by atoms with Crippen LogP contribution in [0.3, 0.4) is 0 Å². The number of hydrogen-bond acceptors (Lipinski definition) is 7. The summed E-state index contributed by atoms with van der Waals surface area (Å²) in [5, 5.41) is 4.87. The number of ether oxygens (including phenoxy) is 2. The number of benzene rings is 2. The number of thioether (sulfide) groups is 1. The summed E-state index contributed by atoms with van der Waals surface area (Å²) in [6.07, 6.45) is 0. The van der Waals surface area contributed by atoms with E-state index in [2.05, 4.69) is 10.6 Å². The Morgan fingerprint density at radius 2 is 1.78 bits per heavy atom. The van der Waals surface area contributed by atoms with Gasteiger partial charge < -0.3 is 25.0 Å². The smallest absolute Gasteiger partial charge is 0.330 e. The number of methoxy groups -OCH3 is 1. The Morgan fingerprint density at radius 3 is 2.43 bits per heavy atom. The van der Waals surface area contributed by atoms with Gasteiger partial charge in [-0.1, -0.05) is 42.5 Å². The van der Waals surface area contributed by atoms with Gasteiger partial charge in [-0.2, -0.15) is 0 Å². The van der Waals surface area contributed by atoms with E-state index in [0.29, 0.717) is 17.0 Å². The molecule has 37 heavy (non-hydrogen) atoms. The summed E-state index contributed by atoms with van der Waals surface area (Å²) < 4.78 is 10.3. The average molecular weight is 528 g/mol. The molecule has 1 aliphatic rings. The second-order valence-electron chi connectivity index (χ2n) is 9.62. The van der Waals surface area contributed by atoms with Gasteiger partial charge in [-0.25, -0.2) is 9.59 Å². The number of urea groups is 1. The first-order chi connectivity index (χ1) is 17.5. The van der Waals surface area contributed by atoms with E-state index in [0.717, 1.165) is 5.56 Å². The van der Waals surface area contributed by atoms with Crippen LogP contribution in [-0.4, -0.2) is 59.8 Å². The average Bonchev–Trinajstić information content (AvgIpc) is 3.31. The van der Waals surface area contributed by atoms with Gasteiger partial charge in [0.25, 0.3) is 0 Å². The molecule has 2 N–H and O–H groups in total. The topological polar surface area (TPSA) is 114 Å². The van der Waals surface area contributed by atoms with Crippen LogP contribution in [-0.2, 0) is 23.9 Å². The molecule has 3 atom stereocenters. The predicted molar refractivity (Wildman–Crippen MR) is 142 cm³/mol. The van der Waals surface area contributed by atoms with E-state index in [1.807, 2.05) is 30.3 Å². The van der Waals surface area contributed by atoms with E-state index in [1.54, 1.807) is 52.0 Å². The maximum absolute atomic E-state index is 13.3. The zero-order valence-corrected chi connectivity index (χ0v) is 22.5. The zero-order chi connectivity index (χ0) is 27.2. The molecule has 0 radical (unpaired) electrons. The number of carbonyl (C=O) groups is 4. The number of esters is 2. The van der Waals surface area contributed by atoms with Crippen molar-refractivity contribution in [1.82, 2.24) is 10.2 Å². The van der Waals surface area contributed by atoms with Crippen molar-refractivity contribution in [3.05, 3.63) is 65.7 Å². The first-order valence-corrected chi connectivity index (χ1v) is 13.0. The van der Waals surface area contributed by atoms with Gasteiger partial charge in [0, 0.05) is 11.4 Å². The predicted octanol–water partition coefficient (Wildman–Crippen LogP) is 4.07. The third-order valence-corrected chi connectivity index (χ3v) is 6.97. The first kappa shape index (κ1) is 28.0. The highest BCUT2D eigenvalue weighted by Crippen LogP contribution is 2.41. The van der Waals surface area contributed by atoms with E-state index < -0.39 is 35.5 Å². The molecule has 1 aliphatic heterocycles. The lowest BCUT2D eigenvalue weighted by Crippen LogP contribution is -2.49. The monoisotopic (exact) mass is 527 g/mol. The van der Waals surface area contributed by atoms with Gasteiger partial charge >= 0.3 is 18.0 Å². The lowest BCUT2D eigenvalue weighted by atomic mass is 10.0. The fraction of sp³-hybridized carbons (Fsp3) is 0.407. The molecule has 1 fully saturated rings. The summed E-state index contributed by atoms with van der Waals surface area (Å²) in [6, 6.07) is 14.9. The zero-order valence-electron chi connectivity index (χ0n) is 21.6. The van der Waals surface area contributed by atoms with Crippen molar-refractivity contribution in [3.8, 4) is 0 Å². The maximum Gasteiger partial charge on any atom is 0.330 e. The van der Waals surface area contributed by atoms with Crippen LogP contribution in [0.5, 0.6) is 0 Å². The van der Waals surface area contributed by atoms with Crippen LogP contribution in [0, 0.1) is 0 Å². The fourth-order valence-corrected chi connectivity index (χ4v) is 5.29. The van der Waals surface area contributed by atoms with Gasteiger partial charge in [-0.05, 0) is 51.0 Å². The van der Waals surface area contributed by atoms with Gasteiger partial charge in [0.15, 0.2) is 0 Å². The number of amides is 3. The normalized spacial score (nSPS) is 18.0. The Morgan fingerprint density at radius 1 is 1.08 bits per heavy atom. The molecule has 9 nitrogen and oxygen atoms in total. The molecule has 0 bridgehead atoms. The molecule has 1 saturated heterocycles. The highest BCUT2D eigenvalue weighted by Gasteiger charge is 2.43. The Bertz CT molecular complexity index is 1130. The molecule has 0 saturated carbocycles. The molecule has 2 aromatic rings. The molecule has 0 aliphatic carbocycles. The van der Waals surface area contributed by atoms with E-state index in [4.69, 9.17) is 9.47 Å². The summed E-state index contributed by atoms with van der Waals surface area (Å²) >= 11 is 1.48. The number of rotatable bonds is 7. The van der Waals surface area contributed by atoms with Crippen LogP contribution in [0.1, 0.15) is 50.1 Å². The number of anilines is 1. The molecule has 0 spiro atoms. The molecule has 0 aromatic heterocycles. The second kappa shape index (κ2) is 12.1. The minimum Gasteiger partial charge on any atom is -0.469 e. The van der Waals surface area contributed by atoms with Crippen LogP contribution >= 0.6 is 11.8 Å². The summed E-state index contributed by atoms with van der Waals surface area (Å²) in [4.78, 5) is 52.2. The van der Waals surface area contributed by atoms with Crippen LogP contribution in [0.4, 0.5) is 10.5 Å². The van der Waals surface area contributed by atoms with Gasteiger partial charge in [-0.3, -0.25) is 9.59 Å². The lowest BCUT2D eigenvalue weighted by Gasteiger charge is -2.30. The van der Waals surface area contributed by atoms with E-state index >= 15 is 0 Å². The summed E-state index contributed by atoms with van der Waals surface area (Å²) in [5.41, 5.74) is 1.33. The number of carbonyl (C=O) groups excluding carboxylic acids is 4. The second-order valence-corrected chi connectivity index (χ2v) is 10.7. The van der Waals surface area contributed by atoms with Gasteiger partial charge in [0.05, 0.1) is 19.6 Å². The van der Waals surface area contributed by atoms with Crippen LogP contribution < -0.4 is 10.6 Å². The van der Waals surface area contributed by atoms with Crippen molar-refractivity contribution in [2.24, 2.45) is 0 Å². The van der Waals surface area contributed by atoms with Crippen molar-refractivity contribution < 1.29 is 28.7 Å². The third kappa shape index (κ3) is 7.48. The van der Waals surface area contributed by atoms with Crippen molar-refractivity contribution in [1.29, 1.82) is 0 Å². The Hall–Kier alpha value is -3.53. The minimum atomic E-state index is -0.775. The molecule has 2 aromatic carbocycles. The van der Waals surface area contributed by atoms with E-state index in [-0.39, 0.29) is 17.9 Å². The SMILES string of the molecule is COC(=O)C(C)c1cccc(NC(=O)NCC(=O)N2[C@@H](c3ccccc3)SC[C@H]2C(=O)OC(C)(C)C)c1. The van der Waals surface area contributed by atoms with Crippen molar-refractivity contribution in [3.63, 3.8) is 0 Å².